The fourth-order valence-corrected chi connectivity index (χ4v) is 2.66. The molecule has 2 rings (SSSR count). The van der Waals surface area contributed by atoms with Crippen LogP contribution in [-0.2, 0) is 11.3 Å². The quantitative estimate of drug-likeness (QED) is 0.827. The van der Waals surface area contributed by atoms with Gasteiger partial charge >= 0.3 is 0 Å². The van der Waals surface area contributed by atoms with E-state index in [-0.39, 0.29) is 17.9 Å². The second-order valence-electron chi connectivity index (χ2n) is 6.20. The predicted octanol–water partition coefficient (Wildman–Crippen LogP) is 0.461. The third kappa shape index (κ3) is 5.33. The Bertz CT molecular complexity index is 543. The van der Waals surface area contributed by atoms with Crippen LogP contribution in [0.2, 0.25) is 0 Å². The summed E-state index contributed by atoms with van der Waals surface area (Å²) in [5, 5.41) is 12.5. The number of hydrogen-bond acceptors (Lipinski definition) is 4. The number of hydrogen-bond donors (Lipinski definition) is 2. The first-order chi connectivity index (χ1) is 11.0. The molecule has 1 aliphatic heterocycles. The molecule has 23 heavy (non-hydrogen) atoms. The minimum atomic E-state index is -0.321. The molecule has 6 nitrogen and oxygen atoms in total. The molecule has 1 heterocycles. The third-order valence-electron chi connectivity index (χ3n) is 3.94. The van der Waals surface area contributed by atoms with Gasteiger partial charge in [-0.2, -0.15) is 0 Å². The highest BCUT2D eigenvalue weighted by Crippen LogP contribution is 2.09. The first-order valence-electron chi connectivity index (χ1n) is 7.93. The number of benzene rings is 1. The summed E-state index contributed by atoms with van der Waals surface area (Å²) in [5.41, 5.74) is 1.58. The van der Waals surface area contributed by atoms with Crippen LogP contribution in [0.1, 0.15) is 28.8 Å². The van der Waals surface area contributed by atoms with Crippen LogP contribution in [0.4, 0.5) is 0 Å². The lowest BCUT2D eigenvalue weighted by molar-refractivity contribution is -0.123. The Morgan fingerprint density at radius 2 is 2.00 bits per heavy atom. The maximum atomic E-state index is 12.0. The zero-order valence-corrected chi connectivity index (χ0v) is 13.8. The Kier molecular flexibility index (Phi) is 6.12. The van der Waals surface area contributed by atoms with Gasteiger partial charge in [-0.3, -0.25) is 14.5 Å². The molecule has 0 aromatic heterocycles. The van der Waals surface area contributed by atoms with Crippen LogP contribution in [0.25, 0.3) is 0 Å². The topological polar surface area (TPSA) is 72.9 Å². The van der Waals surface area contributed by atoms with E-state index in [1.54, 1.807) is 26.2 Å². The van der Waals surface area contributed by atoms with Crippen molar-refractivity contribution in [1.82, 2.24) is 15.1 Å². The lowest BCUT2D eigenvalue weighted by Crippen LogP contribution is -2.44. The van der Waals surface area contributed by atoms with Gasteiger partial charge in [0.1, 0.15) is 0 Å². The minimum Gasteiger partial charge on any atom is -0.392 e. The number of carbonyl (C=O) groups is 2. The van der Waals surface area contributed by atoms with Gasteiger partial charge in [0.05, 0.1) is 12.6 Å². The van der Waals surface area contributed by atoms with Crippen molar-refractivity contribution in [3.8, 4) is 0 Å². The average molecular weight is 319 g/mol. The van der Waals surface area contributed by atoms with Crippen molar-refractivity contribution in [3.63, 3.8) is 0 Å². The van der Waals surface area contributed by atoms with Gasteiger partial charge in [0.15, 0.2) is 0 Å². The van der Waals surface area contributed by atoms with E-state index in [0.717, 1.165) is 24.9 Å². The Morgan fingerprint density at radius 1 is 1.30 bits per heavy atom. The fraction of sp³-hybridized carbons (Fsp3) is 0.529. The number of aliphatic hydroxyl groups is 1. The molecule has 126 valence electrons. The molecule has 0 spiro atoms. The standard InChI is InChI=1S/C17H25N3O3/c1-19(2)17(23)14-7-5-13(6-8-14)10-18-16(22)12-20-9-3-4-15(21)11-20/h5-8,15,21H,3-4,9-12H2,1-2H3,(H,18,22)/t15-/m0/s1. The van der Waals surface area contributed by atoms with E-state index in [2.05, 4.69) is 5.32 Å². The Hall–Kier alpha value is -1.92. The summed E-state index contributed by atoms with van der Waals surface area (Å²) in [6, 6.07) is 7.24. The molecule has 0 unspecified atom stereocenters. The molecule has 6 heteroatoms. The number of amides is 2. The summed E-state index contributed by atoms with van der Waals surface area (Å²) >= 11 is 0. The van der Waals surface area contributed by atoms with Crippen molar-refractivity contribution in [2.45, 2.75) is 25.5 Å². The van der Waals surface area contributed by atoms with Crippen LogP contribution in [0.3, 0.4) is 0 Å². The van der Waals surface area contributed by atoms with Crippen LogP contribution >= 0.6 is 0 Å². The van der Waals surface area contributed by atoms with Crippen molar-refractivity contribution in [2.75, 3.05) is 33.7 Å². The van der Waals surface area contributed by atoms with Gasteiger partial charge in [-0.15, -0.1) is 0 Å². The molecule has 0 saturated carbocycles. The van der Waals surface area contributed by atoms with Crippen molar-refractivity contribution in [2.24, 2.45) is 0 Å². The number of nitrogens with one attached hydrogen (secondary N) is 1. The molecule has 0 aliphatic carbocycles. The van der Waals surface area contributed by atoms with Crippen molar-refractivity contribution >= 4 is 11.8 Å². The Morgan fingerprint density at radius 3 is 2.61 bits per heavy atom. The van der Waals surface area contributed by atoms with E-state index in [1.807, 2.05) is 17.0 Å². The monoisotopic (exact) mass is 319 g/mol. The van der Waals surface area contributed by atoms with E-state index >= 15 is 0 Å². The van der Waals surface area contributed by atoms with Crippen LogP contribution in [0.5, 0.6) is 0 Å². The van der Waals surface area contributed by atoms with Gasteiger partial charge in [0.2, 0.25) is 5.91 Å². The van der Waals surface area contributed by atoms with Gasteiger partial charge in [-0.25, -0.2) is 0 Å². The molecule has 0 radical (unpaired) electrons. The molecule has 2 N–H and O–H groups in total. The molecule has 1 aromatic rings. The lowest BCUT2D eigenvalue weighted by Gasteiger charge is -2.29. The lowest BCUT2D eigenvalue weighted by atomic mass is 10.1. The first kappa shape index (κ1) is 17.4. The SMILES string of the molecule is CN(C)C(=O)c1ccc(CNC(=O)CN2CCC[C@H](O)C2)cc1. The maximum Gasteiger partial charge on any atom is 0.253 e. The summed E-state index contributed by atoms with van der Waals surface area (Å²) in [6.45, 7) is 2.17. The van der Waals surface area contributed by atoms with Gasteiger partial charge in [-0.05, 0) is 37.1 Å². The van der Waals surface area contributed by atoms with Crippen LogP contribution in [-0.4, -0.2) is 66.6 Å². The second kappa shape index (κ2) is 8.08. The fourth-order valence-electron chi connectivity index (χ4n) is 2.66. The number of aliphatic hydroxyl groups excluding tert-OH is 1. The van der Waals surface area contributed by atoms with Crippen molar-refractivity contribution in [3.05, 3.63) is 35.4 Å². The van der Waals surface area contributed by atoms with Crippen LogP contribution < -0.4 is 5.32 Å². The van der Waals surface area contributed by atoms with E-state index in [9.17, 15) is 14.7 Å². The van der Waals surface area contributed by atoms with Crippen LogP contribution in [0, 0.1) is 0 Å². The molecule has 1 aromatic carbocycles. The number of β-amino-alcohol motifs (C(OH)–C–C–N with tert-alkyl or cyclic N) is 1. The first-order valence-corrected chi connectivity index (χ1v) is 7.93. The highest BCUT2D eigenvalue weighted by molar-refractivity contribution is 5.93. The number of nitrogens with zero attached hydrogens (tertiary/aromatic N) is 2. The molecule has 1 aliphatic rings. The zero-order valence-electron chi connectivity index (χ0n) is 13.8. The highest BCUT2D eigenvalue weighted by atomic mass is 16.3. The van der Waals surface area contributed by atoms with Gasteiger partial charge in [-0.1, -0.05) is 12.1 Å². The Labute approximate surface area is 137 Å². The summed E-state index contributed by atoms with van der Waals surface area (Å²) in [7, 11) is 3.43. The average Bonchev–Trinajstić information content (AvgIpc) is 2.52. The predicted molar refractivity (Wildman–Crippen MR) is 88.0 cm³/mol. The van der Waals surface area contributed by atoms with E-state index in [1.165, 1.54) is 4.90 Å². The largest absolute Gasteiger partial charge is 0.392 e. The number of likely N-dealkylation sites (tertiary alicyclic amines) is 1. The summed E-state index contributed by atoms with van der Waals surface area (Å²) in [5.74, 6) is -0.0863. The molecular weight excluding hydrogens is 294 g/mol. The summed E-state index contributed by atoms with van der Waals surface area (Å²) in [6.07, 6.45) is 1.42. The second-order valence-corrected chi connectivity index (χ2v) is 6.20. The van der Waals surface area contributed by atoms with Crippen LogP contribution in [0.15, 0.2) is 24.3 Å². The molecule has 0 bridgehead atoms. The minimum absolute atomic E-state index is 0.0377. The number of carbonyl (C=O) groups excluding carboxylic acids is 2. The molecular formula is C17H25N3O3. The Balaban J connectivity index is 1.79. The van der Waals surface area contributed by atoms with Gasteiger partial charge in [0.25, 0.3) is 5.91 Å². The molecule has 2 amide bonds. The van der Waals surface area contributed by atoms with E-state index in [0.29, 0.717) is 25.2 Å². The molecule has 1 fully saturated rings. The maximum absolute atomic E-state index is 12.0. The highest BCUT2D eigenvalue weighted by Gasteiger charge is 2.19. The third-order valence-corrected chi connectivity index (χ3v) is 3.94. The van der Waals surface area contributed by atoms with Gasteiger partial charge in [0, 0.05) is 32.7 Å². The number of rotatable bonds is 5. The van der Waals surface area contributed by atoms with Crippen molar-refractivity contribution < 1.29 is 14.7 Å². The summed E-state index contributed by atoms with van der Waals surface area (Å²) < 4.78 is 0. The normalized spacial score (nSPS) is 18.5. The van der Waals surface area contributed by atoms with E-state index < -0.39 is 0 Å². The van der Waals surface area contributed by atoms with Crippen molar-refractivity contribution in [1.29, 1.82) is 0 Å². The smallest absolute Gasteiger partial charge is 0.253 e. The van der Waals surface area contributed by atoms with E-state index in [4.69, 9.17) is 0 Å². The zero-order chi connectivity index (χ0) is 16.8. The number of piperidine rings is 1. The summed E-state index contributed by atoms with van der Waals surface area (Å²) in [4.78, 5) is 27.3. The van der Waals surface area contributed by atoms with Gasteiger partial charge < -0.3 is 15.3 Å². The molecule has 1 atom stereocenters. The molecule has 1 saturated heterocycles.